The summed E-state index contributed by atoms with van der Waals surface area (Å²) in [5, 5.41) is 8.53. The molecule has 2 atom stereocenters. The summed E-state index contributed by atoms with van der Waals surface area (Å²) in [6, 6.07) is 2.83. The number of nitriles is 1. The third-order valence-electron chi connectivity index (χ3n) is 4.72. The molecule has 106 valence electrons. The van der Waals surface area contributed by atoms with Crippen molar-refractivity contribution in [3.63, 3.8) is 0 Å². The Kier molecular flexibility index (Phi) is 5.21. The van der Waals surface area contributed by atoms with Gasteiger partial charge in [-0.05, 0) is 31.7 Å². The number of carbonyl (C=O) groups is 1. The summed E-state index contributed by atoms with van der Waals surface area (Å²) in [5.41, 5.74) is 0. The zero-order valence-electron chi connectivity index (χ0n) is 12.0. The van der Waals surface area contributed by atoms with Gasteiger partial charge < -0.3 is 4.90 Å². The Morgan fingerprint density at radius 2 is 2.16 bits per heavy atom. The Bertz CT molecular complexity index is 350. The van der Waals surface area contributed by atoms with Gasteiger partial charge in [-0.2, -0.15) is 5.26 Å². The molecular weight excluding hydrogens is 238 g/mol. The number of rotatable bonds is 5. The van der Waals surface area contributed by atoms with E-state index in [-0.39, 0.29) is 5.91 Å². The van der Waals surface area contributed by atoms with Crippen LogP contribution >= 0.6 is 0 Å². The Morgan fingerprint density at radius 3 is 2.95 bits per heavy atom. The van der Waals surface area contributed by atoms with Crippen molar-refractivity contribution in [2.75, 3.05) is 26.7 Å². The van der Waals surface area contributed by atoms with E-state index in [1.165, 1.54) is 38.6 Å². The summed E-state index contributed by atoms with van der Waals surface area (Å²) in [6.07, 6.45) is 7.81. The summed E-state index contributed by atoms with van der Waals surface area (Å²) in [5.74, 6) is 1.06. The number of amides is 1. The monoisotopic (exact) mass is 263 g/mol. The fourth-order valence-electron chi connectivity index (χ4n) is 3.55. The van der Waals surface area contributed by atoms with Crippen LogP contribution in [0.3, 0.4) is 0 Å². The summed E-state index contributed by atoms with van der Waals surface area (Å²) in [7, 11) is 1.80. The molecule has 0 aromatic carbocycles. The first-order chi connectivity index (χ1) is 9.22. The van der Waals surface area contributed by atoms with Gasteiger partial charge >= 0.3 is 0 Å². The largest absolute Gasteiger partial charge is 0.345 e. The topological polar surface area (TPSA) is 47.3 Å². The van der Waals surface area contributed by atoms with Gasteiger partial charge in [-0.3, -0.25) is 9.69 Å². The zero-order valence-corrected chi connectivity index (χ0v) is 12.0. The predicted octanol–water partition coefficient (Wildman–Crippen LogP) is 2.01. The molecule has 0 bridgehead atoms. The van der Waals surface area contributed by atoms with Gasteiger partial charge in [-0.25, -0.2) is 0 Å². The average molecular weight is 263 g/mol. The molecule has 0 N–H and O–H groups in total. The Balaban J connectivity index is 1.73. The standard InChI is InChI=1S/C15H25N3O/c1-17(10-4-9-16)15(19)8-12-18-11-7-13-5-2-3-6-14(13)18/h13-14H,2-8,10-12H2,1H3. The van der Waals surface area contributed by atoms with Crippen LogP contribution in [0.1, 0.15) is 44.9 Å². The molecule has 2 fully saturated rings. The van der Waals surface area contributed by atoms with Crippen molar-refractivity contribution in [3.8, 4) is 6.07 Å². The van der Waals surface area contributed by atoms with E-state index >= 15 is 0 Å². The molecule has 0 radical (unpaired) electrons. The summed E-state index contributed by atoms with van der Waals surface area (Å²) >= 11 is 0. The van der Waals surface area contributed by atoms with Crippen LogP contribution in [-0.2, 0) is 4.79 Å². The fraction of sp³-hybridized carbons (Fsp3) is 0.867. The molecule has 1 amide bonds. The lowest BCUT2D eigenvalue weighted by Crippen LogP contribution is -2.38. The molecule has 1 aliphatic carbocycles. The minimum atomic E-state index is 0.175. The smallest absolute Gasteiger partial charge is 0.223 e. The van der Waals surface area contributed by atoms with Crippen LogP contribution in [0.5, 0.6) is 0 Å². The number of likely N-dealkylation sites (tertiary alicyclic amines) is 1. The van der Waals surface area contributed by atoms with Crippen molar-refractivity contribution in [1.82, 2.24) is 9.80 Å². The van der Waals surface area contributed by atoms with Gasteiger partial charge in [0.25, 0.3) is 0 Å². The van der Waals surface area contributed by atoms with Crippen LogP contribution < -0.4 is 0 Å². The van der Waals surface area contributed by atoms with Crippen LogP contribution in [0.15, 0.2) is 0 Å². The van der Waals surface area contributed by atoms with Crippen LogP contribution in [0.25, 0.3) is 0 Å². The van der Waals surface area contributed by atoms with Gasteiger partial charge in [0.05, 0.1) is 12.5 Å². The molecule has 1 heterocycles. The van der Waals surface area contributed by atoms with E-state index in [9.17, 15) is 4.79 Å². The van der Waals surface area contributed by atoms with Gasteiger partial charge in [0.2, 0.25) is 5.91 Å². The minimum absolute atomic E-state index is 0.175. The van der Waals surface area contributed by atoms with E-state index in [2.05, 4.69) is 11.0 Å². The number of nitrogens with zero attached hydrogens (tertiary/aromatic N) is 3. The second kappa shape index (κ2) is 6.91. The van der Waals surface area contributed by atoms with Crippen molar-refractivity contribution in [2.24, 2.45) is 5.92 Å². The van der Waals surface area contributed by atoms with E-state index in [0.717, 1.165) is 18.5 Å². The molecule has 0 aromatic heterocycles. The third-order valence-corrected chi connectivity index (χ3v) is 4.72. The van der Waals surface area contributed by atoms with Crippen molar-refractivity contribution in [2.45, 2.75) is 51.0 Å². The fourth-order valence-corrected chi connectivity index (χ4v) is 3.55. The SMILES string of the molecule is CN(CCC#N)C(=O)CCN1CCC2CCCCC21. The maximum absolute atomic E-state index is 12.0. The molecule has 0 aromatic rings. The number of fused-ring (bicyclic) bond motifs is 1. The maximum atomic E-state index is 12.0. The predicted molar refractivity (Wildman–Crippen MR) is 74.4 cm³/mol. The number of carbonyl (C=O) groups excluding carboxylic acids is 1. The quantitative estimate of drug-likeness (QED) is 0.762. The number of hydrogen-bond donors (Lipinski definition) is 0. The van der Waals surface area contributed by atoms with Crippen LogP contribution in [0.2, 0.25) is 0 Å². The lowest BCUT2D eigenvalue weighted by Gasteiger charge is -2.31. The highest BCUT2D eigenvalue weighted by molar-refractivity contribution is 5.76. The van der Waals surface area contributed by atoms with Crippen molar-refractivity contribution >= 4 is 5.91 Å². The molecule has 4 heteroatoms. The zero-order chi connectivity index (χ0) is 13.7. The normalized spacial score (nSPS) is 26.7. The van der Waals surface area contributed by atoms with E-state index in [1.807, 2.05) is 0 Å². The van der Waals surface area contributed by atoms with Crippen molar-refractivity contribution in [3.05, 3.63) is 0 Å². The van der Waals surface area contributed by atoms with Crippen LogP contribution in [0, 0.1) is 17.2 Å². The van der Waals surface area contributed by atoms with Crippen LogP contribution in [0.4, 0.5) is 0 Å². The van der Waals surface area contributed by atoms with Crippen LogP contribution in [-0.4, -0.2) is 48.4 Å². The second-order valence-electron chi connectivity index (χ2n) is 5.91. The first-order valence-electron chi connectivity index (χ1n) is 7.57. The minimum Gasteiger partial charge on any atom is -0.345 e. The maximum Gasteiger partial charge on any atom is 0.223 e. The van der Waals surface area contributed by atoms with E-state index in [4.69, 9.17) is 5.26 Å². The third kappa shape index (κ3) is 3.70. The molecule has 1 aliphatic heterocycles. The van der Waals surface area contributed by atoms with Gasteiger partial charge in [0.15, 0.2) is 0 Å². The van der Waals surface area contributed by atoms with Gasteiger partial charge in [0.1, 0.15) is 0 Å². The highest BCUT2D eigenvalue weighted by atomic mass is 16.2. The summed E-state index contributed by atoms with van der Waals surface area (Å²) < 4.78 is 0. The average Bonchev–Trinajstić information content (AvgIpc) is 2.85. The van der Waals surface area contributed by atoms with E-state index < -0.39 is 0 Å². The molecule has 1 saturated heterocycles. The van der Waals surface area contributed by atoms with Gasteiger partial charge in [-0.15, -0.1) is 0 Å². The first kappa shape index (κ1) is 14.3. The van der Waals surface area contributed by atoms with E-state index in [1.54, 1.807) is 11.9 Å². The molecule has 2 unspecified atom stereocenters. The van der Waals surface area contributed by atoms with Crippen molar-refractivity contribution in [1.29, 1.82) is 5.26 Å². The molecule has 4 nitrogen and oxygen atoms in total. The summed E-state index contributed by atoms with van der Waals surface area (Å²) in [6.45, 7) is 2.63. The van der Waals surface area contributed by atoms with Gasteiger partial charge in [0, 0.05) is 32.6 Å². The lowest BCUT2D eigenvalue weighted by atomic mass is 9.85. The van der Waals surface area contributed by atoms with Crippen molar-refractivity contribution < 1.29 is 4.79 Å². The van der Waals surface area contributed by atoms with Gasteiger partial charge in [-0.1, -0.05) is 12.8 Å². The Labute approximate surface area is 116 Å². The molecular formula is C15H25N3O. The molecule has 0 spiro atoms. The Hall–Kier alpha value is -1.08. The number of hydrogen-bond acceptors (Lipinski definition) is 3. The molecule has 2 rings (SSSR count). The summed E-state index contributed by atoms with van der Waals surface area (Å²) in [4.78, 5) is 16.2. The highest BCUT2D eigenvalue weighted by Crippen LogP contribution is 2.35. The Morgan fingerprint density at radius 1 is 1.37 bits per heavy atom. The molecule has 2 aliphatic rings. The lowest BCUT2D eigenvalue weighted by molar-refractivity contribution is -0.130. The first-order valence-corrected chi connectivity index (χ1v) is 7.57. The second-order valence-corrected chi connectivity index (χ2v) is 5.91. The highest BCUT2D eigenvalue weighted by Gasteiger charge is 2.35. The molecule has 1 saturated carbocycles. The molecule has 19 heavy (non-hydrogen) atoms. The van der Waals surface area contributed by atoms with E-state index in [0.29, 0.717) is 19.4 Å².